The third-order valence-corrected chi connectivity index (χ3v) is 3.42. The number of rotatable bonds is 3. The Morgan fingerprint density at radius 3 is 2.52 bits per heavy atom. The number of nitrogens with two attached hydrogens (primary N) is 1. The standard InChI is InChI=1S/C16H14ClN3O/c1-20(10-12-7-5-11(9-18)6-8-12)16(21)15-13(17)3-2-4-14(15)19/h2-8H,10,19H2,1H3. The van der Waals surface area contributed by atoms with E-state index in [1.54, 1.807) is 42.3 Å². The minimum absolute atomic E-state index is 0.234. The molecule has 0 heterocycles. The van der Waals surface area contributed by atoms with Crippen molar-refractivity contribution in [2.45, 2.75) is 6.54 Å². The molecule has 21 heavy (non-hydrogen) atoms. The minimum atomic E-state index is -0.234. The summed E-state index contributed by atoms with van der Waals surface area (Å²) in [6.45, 7) is 0.412. The van der Waals surface area contributed by atoms with Crippen molar-refractivity contribution in [3.8, 4) is 6.07 Å². The fourth-order valence-corrected chi connectivity index (χ4v) is 2.25. The van der Waals surface area contributed by atoms with Crippen LogP contribution in [0.3, 0.4) is 0 Å². The first-order valence-corrected chi connectivity index (χ1v) is 6.69. The second kappa shape index (κ2) is 6.29. The van der Waals surface area contributed by atoms with Gasteiger partial charge in [0.05, 0.1) is 22.2 Å². The second-order valence-electron chi connectivity index (χ2n) is 4.67. The van der Waals surface area contributed by atoms with Gasteiger partial charge in [-0.1, -0.05) is 29.8 Å². The molecule has 0 saturated heterocycles. The summed E-state index contributed by atoms with van der Waals surface area (Å²) >= 11 is 6.05. The molecule has 0 aromatic heterocycles. The Morgan fingerprint density at radius 1 is 1.29 bits per heavy atom. The normalized spacial score (nSPS) is 9.95. The highest BCUT2D eigenvalue weighted by molar-refractivity contribution is 6.34. The Balaban J connectivity index is 2.18. The molecular weight excluding hydrogens is 286 g/mol. The molecule has 0 atom stereocenters. The fourth-order valence-electron chi connectivity index (χ4n) is 1.99. The van der Waals surface area contributed by atoms with Crippen LogP contribution in [0.1, 0.15) is 21.5 Å². The SMILES string of the molecule is CN(Cc1ccc(C#N)cc1)C(=O)c1c(N)cccc1Cl. The monoisotopic (exact) mass is 299 g/mol. The largest absolute Gasteiger partial charge is 0.398 e. The van der Waals surface area contributed by atoms with E-state index >= 15 is 0 Å². The molecule has 0 unspecified atom stereocenters. The van der Waals surface area contributed by atoms with Crippen LogP contribution in [0, 0.1) is 11.3 Å². The van der Waals surface area contributed by atoms with Crippen molar-refractivity contribution in [3.63, 3.8) is 0 Å². The van der Waals surface area contributed by atoms with Crippen LogP contribution in [0.15, 0.2) is 42.5 Å². The number of carbonyl (C=O) groups excluding carboxylic acids is 1. The predicted octanol–water partition coefficient (Wildman–Crippen LogP) is 3.07. The van der Waals surface area contributed by atoms with E-state index in [1.807, 2.05) is 12.1 Å². The molecule has 0 aliphatic carbocycles. The molecule has 0 fully saturated rings. The van der Waals surface area contributed by atoms with Crippen LogP contribution in [0.2, 0.25) is 5.02 Å². The Kier molecular flexibility index (Phi) is 4.46. The van der Waals surface area contributed by atoms with Crippen LogP contribution in [0.4, 0.5) is 5.69 Å². The van der Waals surface area contributed by atoms with E-state index in [4.69, 9.17) is 22.6 Å². The van der Waals surface area contributed by atoms with Gasteiger partial charge in [-0.3, -0.25) is 4.79 Å². The number of nitrogen functional groups attached to an aromatic ring is 1. The topological polar surface area (TPSA) is 70.1 Å². The van der Waals surface area contributed by atoms with Crippen molar-refractivity contribution in [1.29, 1.82) is 5.26 Å². The Labute approximate surface area is 128 Å². The third kappa shape index (κ3) is 3.33. The molecule has 1 amide bonds. The first-order chi connectivity index (χ1) is 10.0. The maximum Gasteiger partial charge on any atom is 0.257 e. The predicted molar refractivity (Wildman–Crippen MR) is 82.8 cm³/mol. The highest BCUT2D eigenvalue weighted by Crippen LogP contribution is 2.23. The van der Waals surface area contributed by atoms with Gasteiger partial charge in [0, 0.05) is 19.3 Å². The van der Waals surface area contributed by atoms with Gasteiger partial charge in [-0.2, -0.15) is 5.26 Å². The van der Waals surface area contributed by atoms with E-state index in [0.29, 0.717) is 28.4 Å². The number of anilines is 1. The number of nitriles is 1. The summed E-state index contributed by atoms with van der Waals surface area (Å²) in [6, 6.07) is 14.1. The van der Waals surface area contributed by atoms with Crippen molar-refractivity contribution >= 4 is 23.2 Å². The summed E-state index contributed by atoms with van der Waals surface area (Å²) in [5.41, 5.74) is 8.01. The summed E-state index contributed by atoms with van der Waals surface area (Å²) < 4.78 is 0. The summed E-state index contributed by atoms with van der Waals surface area (Å²) in [7, 11) is 1.68. The van der Waals surface area contributed by atoms with Crippen LogP contribution in [-0.4, -0.2) is 17.9 Å². The maximum atomic E-state index is 12.4. The lowest BCUT2D eigenvalue weighted by atomic mass is 10.1. The molecule has 4 nitrogen and oxygen atoms in total. The number of amides is 1. The molecular formula is C16H14ClN3O. The smallest absolute Gasteiger partial charge is 0.257 e. The number of hydrogen-bond acceptors (Lipinski definition) is 3. The molecule has 0 bridgehead atoms. The van der Waals surface area contributed by atoms with Crippen LogP contribution < -0.4 is 5.73 Å². The molecule has 2 aromatic rings. The van der Waals surface area contributed by atoms with Gasteiger partial charge in [-0.25, -0.2) is 0 Å². The number of benzene rings is 2. The summed E-state index contributed by atoms with van der Waals surface area (Å²) in [4.78, 5) is 14.0. The zero-order chi connectivity index (χ0) is 15.4. The van der Waals surface area contributed by atoms with E-state index < -0.39 is 0 Å². The highest BCUT2D eigenvalue weighted by atomic mass is 35.5. The molecule has 0 radical (unpaired) electrons. The summed E-state index contributed by atoms with van der Waals surface area (Å²) in [5.74, 6) is -0.234. The lowest BCUT2D eigenvalue weighted by molar-refractivity contribution is 0.0786. The molecule has 5 heteroatoms. The van der Waals surface area contributed by atoms with E-state index in [2.05, 4.69) is 6.07 Å². The molecule has 0 saturated carbocycles. The van der Waals surface area contributed by atoms with Gasteiger partial charge in [0.25, 0.3) is 5.91 Å². The molecule has 106 valence electrons. The van der Waals surface area contributed by atoms with Crippen molar-refractivity contribution in [1.82, 2.24) is 4.90 Å². The lowest BCUT2D eigenvalue weighted by Crippen LogP contribution is -2.27. The van der Waals surface area contributed by atoms with Gasteiger partial charge >= 0.3 is 0 Å². The van der Waals surface area contributed by atoms with E-state index in [1.165, 1.54) is 0 Å². The highest BCUT2D eigenvalue weighted by Gasteiger charge is 2.18. The molecule has 2 N–H and O–H groups in total. The summed E-state index contributed by atoms with van der Waals surface area (Å²) in [5, 5.41) is 9.10. The fraction of sp³-hybridized carbons (Fsp3) is 0.125. The molecule has 0 aliphatic rings. The number of carbonyl (C=O) groups is 1. The van der Waals surface area contributed by atoms with Gasteiger partial charge in [0.15, 0.2) is 0 Å². The maximum absolute atomic E-state index is 12.4. The van der Waals surface area contributed by atoms with Crippen molar-refractivity contribution < 1.29 is 4.79 Å². The van der Waals surface area contributed by atoms with Crippen LogP contribution in [0.25, 0.3) is 0 Å². The zero-order valence-electron chi connectivity index (χ0n) is 11.5. The lowest BCUT2D eigenvalue weighted by Gasteiger charge is -2.19. The second-order valence-corrected chi connectivity index (χ2v) is 5.08. The van der Waals surface area contributed by atoms with Gasteiger partial charge in [0.1, 0.15) is 0 Å². The number of nitrogens with zero attached hydrogens (tertiary/aromatic N) is 2. The van der Waals surface area contributed by atoms with Gasteiger partial charge < -0.3 is 10.6 Å². The molecule has 0 spiro atoms. The average Bonchev–Trinajstić information content (AvgIpc) is 2.47. The van der Waals surface area contributed by atoms with Gasteiger partial charge in [-0.15, -0.1) is 0 Å². The molecule has 0 aliphatic heterocycles. The number of hydrogen-bond donors (Lipinski definition) is 1. The Morgan fingerprint density at radius 2 is 1.95 bits per heavy atom. The van der Waals surface area contributed by atoms with Crippen LogP contribution >= 0.6 is 11.6 Å². The van der Waals surface area contributed by atoms with E-state index in [0.717, 1.165) is 5.56 Å². The minimum Gasteiger partial charge on any atom is -0.398 e. The summed E-state index contributed by atoms with van der Waals surface area (Å²) in [6.07, 6.45) is 0. The quantitative estimate of drug-likeness (QED) is 0.885. The first-order valence-electron chi connectivity index (χ1n) is 6.31. The number of halogens is 1. The zero-order valence-corrected chi connectivity index (χ0v) is 12.3. The average molecular weight is 300 g/mol. The first kappa shape index (κ1) is 14.9. The Bertz CT molecular complexity index is 684. The van der Waals surface area contributed by atoms with Crippen molar-refractivity contribution in [2.24, 2.45) is 0 Å². The van der Waals surface area contributed by atoms with E-state index in [-0.39, 0.29) is 5.91 Å². The third-order valence-electron chi connectivity index (χ3n) is 3.11. The van der Waals surface area contributed by atoms with Gasteiger partial charge in [-0.05, 0) is 29.8 Å². The molecule has 2 rings (SSSR count). The Hall–Kier alpha value is -2.51. The molecule has 2 aromatic carbocycles. The van der Waals surface area contributed by atoms with Crippen molar-refractivity contribution in [3.05, 3.63) is 64.2 Å². The van der Waals surface area contributed by atoms with Crippen LogP contribution in [0.5, 0.6) is 0 Å². The van der Waals surface area contributed by atoms with E-state index in [9.17, 15) is 4.79 Å². The van der Waals surface area contributed by atoms with Gasteiger partial charge in [0.2, 0.25) is 0 Å². The van der Waals surface area contributed by atoms with Crippen LogP contribution in [-0.2, 0) is 6.54 Å². The van der Waals surface area contributed by atoms with Crippen molar-refractivity contribution in [2.75, 3.05) is 12.8 Å².